The second kappa shape index (κ2) is 10.1. The second-order valence-corrected chi connectivity index (χ2v) is 11.8. The molecule has 0 spiro atoms. The van der Waals surface area contributed by atoms with Gasteiger partial charge < -0.3 is 9.13 Å². The van der Waals surface area contributed by atoms with Crippen molar-refractivity contribution in [1.82, 2.24) is 9.13 Å². The van der Waals surface area contributed by atoms with Gasteiger partial charge in [0, 0.05) is 27.1 Å². The highest BCUT2D eigenvalue weighted by molar-refractivity contribution is 6.11. The summed E-state index contributed by atoms with van der Waals surface area (Å²) in [5.41, 5.74) is 8.69. The molecular weight excluding hydrogens is 579 g/mol. The average Bonchev–Trinajstić information content (AvgIpc) is 3.56. The fourth-order valence-electron chi connectivity index (χ4n) is 6.94. The standard InChI is InChI=1S/C40H26F3N3/c1-24-14-16-32-31-11-4-6-13-36(31)46(37(32)20-24)39-25(2)34(19-18-29(39)27-9-7-8-26(21-27)23-44)45-35-12-5-3-10-30(35)33-17-15-28(22-38(33)45)40(41,42)43/h3-22H,1-2H3. The van der Waals surface area contributed by atoms with Gasteiger partial charge in [-0.05, 0) is 79.1 Å². The predicted molar refractivity (Wildman–Crippen MR) is 180 cm³/mol. The number of nitrogens with zero attached hydrogens (tertiary/aromatic N) is 3. The van der Waals surface area contributed by atoms with Crippen molar-refractivity contribution in [3.63, 3.8) is 0 Å². The van der Waals surface area contributed by atoms with E-state index in [4.69, 9.17) is 0 Å². The summed E-state index contributed by atoms with van der Waals surface area (Å²) in [6.45, 7) is 4.10. The second-order valence-electron chi connectivity index (χ2n) is 11.8. The van der Waals surface area contributed by atoms with Gasteiger partial charge in [0.15, 0.2) is 0 Å². The van der Waals surface area contributed by atoms with E-state index in [0.29, 0.717) is 11.1 Å². The highest BCUT2D eigenvalue weighted by Gasteiger charge is 2.31. The van der Waals surface area contributed by atoms with Gasteiger partial charge in [0.25, 0.3) is 0 Å². The van der Waals surface area contributed by atoms with Crippen LogP contribution in [0.15, 0.2) is 121 Å². The Kier molecular flexibility index (Phi) is 6.10. The first-order chi connectivity index (χ1) is 22.2. The van der Waals surface area contributed by atoms with E-state index in [2.05, 4.69) is 47.9 Å². The number of aromatic nitrogens is 2. The van der Waals surface area contributed by atoms with Crippen molar-refractivity contribution < 1.29 is 13.2 Å². The van der Waals surface area contributed by atoms with Crippen molar-refractivity contribution in [3.05, 3.63) is 144 Å². The maximum absolute atomic E-state index is 14.0. The van der Waals surface area contributed by atoms with Gasteiger partial charge in [-0.3, -0.25) is 0 Å². The van der Waals surface area contributed by atoms with Crippen LogP contribution >= 0.6 is 0 Å². The molecule has 0 unspecified atom stereocenters. The van der Waals surface area contributed by atoms with Gasteiger partial charge >= 0.3 is 6.18 Å². The number of hydrogen-bond acceptors (Lipinski definition) is 1. The molecule has 0 amide bonds. The summed E-state index contributed by atoms with van der Waals surface area (Å²) in [5, 5.41) is 13.6. The molecule has 6 heteroatoms. The topological polar surface area (TPSA) is 33.6 Å². The van der Waals surface area contributed by atoms with Crippen LogP contribution in [-0.4, -0.2) is 9.13 Å². The molecule has 46 heavy (non-hydrogen) atoms. The Morgan fingerprint density at radius 2 is 1.22 bits per heavy atom. The number of halogens is 3. The van der Waals surface area contributed by atoms with Gasteiger partial charge in [0.2, 0.25) is 0 Å². The molecular formula is C40H26F3N3. The van der Waals surface area contributed by atoms with Crippen LogP contribution in [0.4, 0.5) is 13.2 Å². The molecule has 0 aliphatic heterocycles. The largest absolute Gasteiger partial charge is 0.416 e. The molecule has 0 aliphatic carbocycles. The van der Waals surface area contributed by atoms with E-state index in [-0.39, 0.29) is 0 Å². The lowest BCUT2D eigenvalue weighted by atomic mass is 9.97. The van der Waals surface area contributed by atoms with Crippen LogP contribution < -0.4 is 0 Å². The number of para-hydroxylation sites is 2. The Bertz CT molecular complexity index is 2560. The molecule has 222 valence electrons. The molecule has 0 bridgehead atoms. The lowest BCUT2D eigenvalue weighted by molar-refractivity contribution is -0.137. The summed E-state index contributed by atoms with van der Waals surface area (Å²) >= 11 is 0. The van der Waals surface area contributed by atoms with Crippen molar-refractivity contribution in [3.8, 4) is 28.6 Å². The zero-order chi connectivity index (χ0) is 31.7. The first-order valence-electron chi connectivity index (χ1n) is 15.0. The van der Waals surface area contributed by atoms with Crippen LogP contribution in [-0.2, 0) is 6.18 Å². The summed E-state index contributed by atoms with van der Waals surface area (Å²) in [6.07, 6.45) is -4.48. The van der Waals surface area contributed by atoms with Gasteiger partial charge in [0.05, 0.1) is 50.6 Å². The number of rotatable bonds is 3. The van der Waals surface area contributed by atoms with Gasteiger partial charge in [-0.25, -0.2) is 0 Å². The highest BCUT2D eigenvalue weighted by atomic mass is 19.4. The smallest absolute Gasteiger partial charge is 0.309 e. The third-order valence-corrected chi connectivity index (χ3v) is 9.00. The van der Waals surface area contributed by atoms with Gasteiger partial charge in [-0.1, -0.05) is 72.8 Å². The lowest BCUT2D eigenvalue weighted by Gasteiger charge is -2.21. The number of benzene rings is 6. The molecule has 0 saturated heterocycles. The van der Waals surface area contributed by atoms with E-state index in [9.17, 15) is 18.4 Å². The summed E-state index contributed by atoms with van der Waals surface area (Å²) in [4.78, 5) is 0. The zero-order valence-corrected chi connectivity index (χ0v) is 25.0. The minimum atomic E-state index is -4.48. The molecule has 0 radical (unpaired) electrons. The van der Waals surface area contributed by atoms with Crippen LogP contribution in [0.2, 0.25) is 0 Å². The Labute approximate surface area is 263 Å². The first kappa shape index (κ1) is 27.7. The molecule has 0 fully saturated rings. The fraction of sp³-hybridized carbons (Fsp3) is 0.0750. The van der Waals surface area contributed by atoms with Crippen molar-refractivity contribution in [2.75, 3.05) is 0 Å². The Hall–Kier alpha value is -5.80. The molecule has 0 saturated carbocycles. The summed E-state index contributed by atoms with van der Waals surface area (Å²) in [5.74, 6) is 0. The minimum absolute atomic E-state index is 0.488. The maximum atomic E-state index is 14.0. The van der Waals surface area contributed by atoms with Gasteiger partial charge in [-0.15, -0.1) is 0 Å². The molecule has 0 N–H and O–H groups in total. The number of hydrogen-bond donors (Lipinski definition) is 0. The molecule has 2 heterocycles. The van der Waals surface area contributed by atoms with Crippen LogP contribution in [0.25, 0.3) is 66.1 Å². The molecule has 0 atom stereocenters. The van der Waals surface area contributed by atoms with Crippen molar-refractivity contribution in [1.29, 1.82) is 5.26 Å². The van der Waals surface area contributed by atoms with E-state index in [1.54, 1.807) is 12.1 Å². The zero-order valence-electron chi connectivity index (χ0n) is 25.0. The van der Waals surface area contributed by atoms with Crippen LogP contribution in [0.1, 0.15) is 22.3 Å². The van der Waals surface area contributed by atoms with Crippen LogP contribution in [0.3, 0.4) is 0 Å². The van der Waals surface area contributed by atoms with Crippen LogP contribution in [0.5, 0.6) is 0 Å². The number of aryl methyl sites for hydroxylation is 1. The molecule has 8 aromatic rings. The van der Waals surface area contributed by atoms with Gasteiger partial charge in [-0.2, -0.15) is 18.4 Å². The normalized spacial score (nSPS) is 12.0. The SMILES string of the molecule is Cc1ccc2c3ccccc3n(-c3c(-c4cccc(C#N)c4)ccc(-n4c5ccccc5c5ccc(C(F)(F)F)cc54)c3C)c2c1. The highest BCUT2D eigenvalue weighted by Crippen LogP contribution is 2.43. The van der Waals surface area contributed by atoms with E-state index in [1.165, 1.54) is 6.07 Å². The third-order valence-electron chi connectivity index (χ3n) is 9.00. The molecule has 6 aromatic carbocycles. The first-order valence-corrected chi connectivity index (χ1v) is 15.0. The van der Waals surface area contributed by atoms with Crippen LogP contribution in [0, 0.1) is 25.2 Å². The molecule has 0 aliphatic rings. The number of nitriles is 1. The van der Waals surface area contributed by atoms with Crippen molar-refractivity contribution >= 4 is 43.6 Å². The monoisotopic (exact) mass is 605 g/mol. The summed E-state index contributed by atoms with van der Waals surface area (Å²) in [7, 11) is 0. The molecule has 2 aromatic heterocycles. The average molecular weight is 606 g/mol. The summed E-state index contributed by atoms with van der Waals surface area (Å²) < 4.78 is 46.3. The van der Waals surface area contributed by atoms with E-state index in [0.717, 1.165) is 77.8 Å². The summed E-state index contributed by atoms with van der Waals surface area (Å²) in [6, 6.07) is 40.2. The minimum Gasteiger partial charge on any atom is -0.309 e. The number of alkyl halides is 3. The third kappa shape index (κ3) is 4.13. The van der Waals surface area contributed by atoms with E-state index in [1.807, 2.05) is 78.2 Å². The fourth-order valence-corrected chi connectivity index (χ4v) is 6.94. The Balaban J connectivity index is 1.54. The number of fused-ring (bicyclic) bond motifs is 6. The predicted octanol–water partition coefficient (Wildman–Crippen LogP) is 11.1. The van der Waals surface area contributed by atoms with E-state index < -0.39 is 11.7 Å². The molecule has 8 rings (SSSR count). The van der Waals surface area contributed by atoms with E-state index >= 15 is 0 Å². The van der Waals surface area contributed by atoms with Crippen molar-refractivity contribution in [2.24, 2.45) is 0 Å². The quantitative estimate of drug-likeness (QED) is 0.197. The Morgan fingerprint density at radius 1 is 0.587 bits per heavy atom. The van der Waals surface area contributed by atoms with Gasteiger partial charge in [0.1, 0.15) is 0 Å². The van der Waals surface area contributed by atoms with Crippen molar-refractivity contribution in [2.45, 2.75) is 20.0 Å². The molecule has 3 nitrogen and oxygen atoms in total. The maximum Gasteiger partial charge on any atom is 0.416 e. The Morgan fingerprint density at radius 3 is 1.91 bits per heavy atom. The lowest BCUT2D eigenvalue weighted by Crippen LogP contribution is -2.07.